The van der Waals surface area contributed by atoms with Crippen LogP contribution in [0, 0.1) is 5.92 Å². The lowest BCUT2D eigenvalue weighted by Gasteiger charge is -2.16. The quantitative estimate of drug-likeness (QED) is 0.693. The van der Waals surface area contributed by atoms with E-state index in [0.29, 0.717) is 0 Å². The van der Waals surface area contributed by atoms with Gasteiger partial charge in [-0.05, 0) is 36.6 Å². The fourth-order valence-electron chi connectivity index (χ4n) is 2.01. The number of carboxylic acid groups (broad SMARTS) is 1. The highest BCUT2D eigenvalue weighted by Gasteiger charge is 2.30. The van der Waals surface area contributed by atoms with E-state index in [1.807, 2.05) is 0 Å². The lowest BCUT2D eigenvalue weighted by atomic mass is 10.0. The minimum Gasteiger partial charge on any atom is -0.480 e. The number of carbonyl (C=O) groups excluding carboxylic acids is 2. The second-order valence-corrected chi connectivity index (χ2v) is 5.85. The van der Waals surface area contributed by atoms with Crippen LogP contribution in [0.25, 0.3) is 0 Å². The van der Waals surface area contributed by atoms with Crippen molar-refractivity contribution >= 4 is 17.8 Å². The largest absolute Gasteiger partial charge is 0.480 e. The van der Waals surface area contributed by atoms with Crippen molar-refractivity contribution in [2.75, 3.05) is 6.54 Å². The molecule has 0 bridgehead atoms. The van der Waals surface area contributed by atoms with Crippen molar-refractivity contribution in [2.45, 2.75) is 32.5 Å². The van der Waals surface area contributed by atoms with Gasteiger partial charge in [-0.3, -0.25) is 9.59 Å². The predicted molar refractivity (Wildman–Crippen MR) is 82.8 cm³/mol. The molecule has 2 amide bonds. The molecule has 0 aromatic heterocycles. The zero-order chi connectivity index (χ0) is 19.2. The van der Waals surface area contributed by atoms with Crippen LogP contribution in [0.5, 0.6) is 0 Å². The molecule has 3 N–H and O–H groups in total. The Morgan fingerprint density at radius 3 is 2.12 bits per heavy atom. The molecule has 0 saturated heterocycles. The van der Waals surface area contributed by atoms with Crippen LogP contribution < -0.4 is 10.6 Å². The summed E-state index contributed by atoms with van der Waals surface area (Å²) >= 11 is 0. The molecule has 9 heteroatoms. The number of carbonyl (C=O) groups is 3. The van der Waals surface area contributed by atoms with Gasteiger partial charge in [0.1, 0.15) is 6.04 Å². The molecule has 1 aromatic rings. The number of benzene rings is 1. The fraction of sp³-hybridized carbons (Fsp3) is 0.438. The Hall–Kier alpha value is -2.58. The number of rotatable bonds is 7. The maximum Gasteiger partial charge on any atom is 0.416 e. The SMILES string of the molecule is CC(C)C[C@H](NC(=O)CNC(=O)c1ccc(C(F)(F)F)cc1)C(=O)O. The molecule has 1 aromatic carbocycles. The number of amides is 2. The van der Waals surface area contributed by atoms with Gasteiger partial charge in [0.15, 0.2) is 0 Å². The van der Waals surface area contributed by atoms with Crippen molar-refractivity contribution in [2.24, 2.45) is 5.92 Å². The maximum atomic E-state index is 12.5. The Morgan fingerprint density at radius 1 is 1.12 bits per heavy atom. The maximum absolute atomic E-state index is 12.5. The molecule has 0 radical (unpaired) electrons. The highest BCUT2D eigenvalue weighted by Crippen LogP contribution is 2.29. The van der Waals surface area contributed by atoms with E-state index < -0.39 is 42.1 Å². The summed E-state index contributed by atoms with van der Waals surface area (Å²) in [5.41, 5.74) is -0.933. The normalized spacial score (nSPS) is 12.6. The van der Waals surface area contributed by atoms with Gasteiger partial charge in [-0.15, -0.1) is 0 Å². The van der Waals surface area contributed by atoms with Crippen molar-refractivity contribution in [3.05, 3.63) is 35.4 Å². The van der Waals surface area contributed by atoms with Crippen LogP contribution >= 0.6 is 0 Å². The minimum atomic E-state index is -4.50. The van der Waals surface area contributed by atoms with Crippen molar-refractivity contribution in [3.63, 3.8) is 0 Å². The number of hydrogen-bond acceptors (Lipinski definition) is 3. The minimum absolute atomic E-state index is 0.0437. The number of halogens is 3. The standard InChI is InChI=1S/C16H19F3N2O4/c1-9(2)7-12(15(24)25)21-13(22)8-20-14(23)10-3-5-11(6-4-10)16(17,18)19/h3-6,9,12H,7-8H2,1-2H3,(H,20,23)(H,21,22)(H,24,25)/t12-/m0/s1. The monoisotopic (exact) mass is 360 g/mol. The molecule has 0 fully saturated rings. The molecule has 0 spiro atoms. The van der Waals surface area contributed by atoms with Crippen LogP contribution in [0.1, 0.15) is 36.2 Å². The molecule has 0 unspecified atom stereocenters. The molecule has 138 valence electrons. The Labute approximate surface area is 142 Å². The first-order valence-electron chi connectivity index (χ1n) is 7.48. The smallest absolute Gasteiger partial charge is 0.416 e. The Bertz CT molecular complexity index is 627. The van der Waals surface area contributed by atoms with Gasteiger partial charge in [-0.25, -0.2) is 4.79 Å². The molecule has 1 atom stereocenters. The Morgan fingerprint density at radius 2 is 1.68 bits per heavy atom. The van der Waals surface area contributed by atoms with E-state index in [9.17, 15) is 27.6 Å². The third kappa shape index (κ3) is 6.82. The summed E-state index contributed by atoms with van der Waals surface area (Å²) in [5, 5.41) is 13.5. The average Bonchev–Trinajstić information content (AvgIpc) is 2.50. The molecular weight excluding hydrogens is 341 g/mol. The third-order valence-electron chi connectivity index (χ3n) is 3.22. The summed E-state index contributed by atoms with van der Waals surface area (Å²) in [6, 6.07) is 2.44. The summed E-state index contributed by atoms with van der Waals surface area (Å²) in [4.78, 5) is 34.6. The summed E-state index contributed by atoms with van der Waals surface area (Å²) in [7, 11) is 0. The second-order valence-electron chi connectivity index (χ2n) is 5.85. The highest BCUT2D eigenvalue weighted by atomic mass is 19.4. The van der Waals surface area contributed by atoms with E-state index in [2.05, 4.69) is 10.6 Å². The van der Waals surface area contributed by atoms with Crippen molar-refractivity contribution in [1.82, 2.24) is 10.6 Å². The van der Waals surface area contributed by atoms with Gasteiger partial charge in [-0.1, -0.05) is 13.8 Å². The Kier molecular flexibility index (Phi) is 6.96. The van der Waals surface area contributed by atoms with Gasteiger partial charge in [0.2, 0.25) is 5.91 Å². The first kappa shape index (κ1) is 20.5. The van der Waals surface area contributed by atoms with E-state index in [1.54, 1.807) is 13.8 Å². The summed E-state index contributed by atoms with van der Waals surface area (Å²) in [6.45, 7) is 3.12. The lowest BCUT2D eigenvalue weighted by Crippen LogP contribution is -2.46. The lowest BCUT2D eigenvalue weighted by molar-refractivity contribution is -0.142. The van der Waals surface area contributed by atoms with Crippen molar-refractivity contribution in [1.29, 1.82) is 0 Å². The van der Waals surface area contributed by atoms with Gasteiger partial charge in [0.25, 0.3) is 5.91 Å². The van der Waals surface area contributed by atoms with Gasteiger partial charge >= 0.3 is 12.1 Å². The molecule has 6 nitrogen and oxygen atoms in total. The molecular formula is C16H19F3N2O4. The van der Waals surface area contributed by atoms with Crippen LogP contribution in [0.4, 0.5) is 13.2 Å². The fourth-order valence-corrected chi connectivity index (χ4v) is 2.01. The number of nitrogens with one attached hydrogen (secondary N) is 2. The van der Waals surface area contributed by atoms with E-state index in [1.165, 1.54) is 0 Å². The predicted octanol–water partition coefficient (Wildman–Crippen LogP) is 2.05. The van der Waals surface area contributed by atoms with Gasteiger partial charge in [0, 0.05) is 5.56 Å². The average molecular weight is 360 g/mol. The summed E-state index contributed by atoms with van der Waals surface area (Å²) in [5.74, 6) is -2.58. The van der Waals surface area contributed by atoms with Crippen LogP contribution in [-0.4, -0.2) is 35.5 Å². The zero-order valence-electron chi connectivity index (χ0n) is 13.7. The highest BCUT2D eigenvalue weighted by molar-refractivity contribution is 5.96. The number of hydrogen-bond donors (Lipinski definition) is 3. The van der Waals surface area contributed by atoms with Crippen LogP contribution in [-0.2, 0) is 15.8 Å². The van der Waals surface area contributed by atoms with E-state index in [-0.39, 0.29) is 17.9 Å². The van der Waals surface area contributed by atoms with Gasteiger partial charge < -0.3 is 15.7 Å². The van der Waals surface area contributed by atoms with E-state index in [4.69, 9.17) is 5.11 Å². The van der Waals surface area contributed by atoms with Crippen molar-refractivity contribution < 1.29 is 32.7 Å². The molecule has 0 heterocycles. The van der Waals surface area contributed by atoms with Gasteiger partial charge in [0.05, 0.1) is 12.1 Å². The number of alkyl halides is 3. The number of aliphatic carboxylic acids is 1. The van der Waals surface area contributed by atoms with Crippen LogP contribution in [0.3, 0.4) is 0 Å². The van der Waals surface area contributed by atoms with E-state index >= 15 is 0 Å². The van der Waals surface area contributed by atoms with E-state index in [0.717, 1.165) is 24.3 Å². The first-order chi connectivity index (χ1) is 11.5. The molecule has 0 aliphatic heterocycles. The van der Waals surface area contributed by atoms with Gasteiger partial charge in [-0.2, -0.15) is 13.2 Å². The topological polar surface area (TPSA) is 95.5 Å². The molecule has 25 heavy (non-hydrogen) atoms. The molecule has 1 rings (SSSR count). The molecule has 0 saturated carbocycles. The van der Waals surface area contributed by atoms with Crippen LogP contribution in [0.2, 0.25) is 0 Å². The molecule has 0 aliphatic rings. The summed E-state index contributed by atoms with van der Waals surface area (Å²) in [6.07, 6.45) is -4.27. The Balaban J connectivity index is 2.58. The zero-order valence-corrected chi connectivity index (χ0v) is 13.7. The number of carboxylic acids is 1. The van der Waals surface area contributed by atoms with Crippen LogP contribution in [0.15, 0.2) is 24.3 Å². The third-order valence-corrected chi connectivity index (χ3v) is 3.22. The molecule has 0 aliphatic carbocycles. The second kappa shape index (κ2) is 8.50. The first-order valence-corrected chi connectivity index (χ1v) is 7.48. The van der Waals surface area contributed by atoms with Crippen molar-refractivity contribution in [3.8, 4) is 0 Å². The summed E-state index contributed by atoms with van der Waals surface area (Å²) < 4.78 is 37.4.